The number of anilines is 1. The quantitative estimate of drug-likeness (QED) is 0.785. The van der Waals surface area contributed by atoms with Crippen LogP contribution in [0.25, 0.3) is 0 Å². The van der Waals surface area contributed by atoms with Crippen molar-refractivity contribution >= 4 is 11.8 Å². The number of nitrogens with one attached hydrogen (secondary N) is 1. The van der Waals surface area contributed by atoms with Crippen LogP contribution in [-0.4, -0.2) is 22.1 Å². The molecule has 0 aliphatic heterocycles. The second-order valence-corrected chi connectivity index (χ2v) is 3.49. The summed E-state index contributed by atoms with van der Waals surface area (Å²) in [5, 5.41) is 20.4. The molecule has 1 rings (SSSR count). The average molecular weight is 219 g/mol. The number of carboxylic acids is 1. The number of aromatic nitrogens is 1. The minimum Gasteiger partial charge on any atom is -0.481 e. The number of carbonyl (C=O) groups is 1. The summed E-state index contributed by atoms with van der Waals surface area (Å²) < 4.78 is 0. The van der Waals surface area contributed by atoms with E-state index in [1.54, 1.807) is 18.3 Å². The Labute approximate surface area is 93.7 Å². The number of hydrogen-bond donors (Lipinski definition) is 2. The molecule has 0 amide bonds. The van der Waals surface area contributed by atoms with E-state index in [2.05, 4.69) is 10.3 Å². The third-order valence-electron chi connectivity index (χ3n) is 2.10. The Kier molecular flexibility index (Phi) is 4.28. The molecule has 0 aliphatic carbocycles. The van der Waals surface area contributed by atoms with Gasteiger partial charge in [0.2, 0.25) is 0 Å². The minimum absolute atomic E-state index is 0.0295. The van der Waals surface area contributed by atoms with Gasteiger partial charge >= 0.3 is 5.97 Å². The van der Waals surface area contributed by atoms with Gasteiger partial charge in [0.05, 0.1) is 5.56 Å². The molecule has 5 heteroatoms. The van der Waals surface area contributed by atoms with Gasteiger partial charge in [-0.1, -0.05) is 0 Å². The molecule has 0 aliphatic rings. The fourth-order valence-electron chi connectivity index (χ4n) is 1.26. The molecule has 1 aromatic heterocycles. The highest BCUT2D eigenvalue weighted by atomic mass is 16.4. The van der Waals surface area contributed by atoms with Gasteiger partial charge in [0, 0.05) is 18.7 Å². The van der Waals surface area contributed by atoms with Crippen molar-refractivity contribution in [3.05, 3.63) is 23.9 Å². The van der Waals surface area contributed by atoms with Gasteiger partial charge in [-0.05, 0) is 25.5 Å². The fourth-order valence-corrected chi connectivity index (χ4v) is 1.26. The highest BCUT2D eigenvalue weighted by Gasteiger charge is 2.08. The van der Waals surface area contributed by atoms with E-state index in [0.29, 0.717) is 17.8 Å². The normalized spacial score (nSPS) is 11.5. The second-order valence-electron chi connectivity index (χ2n) is 3.49. The third-order valence-corrected chi connectivity index (χ3v) is 2.10. The molecular formula is C11H13N3O2. The molecule has 1 aromatic rings. The number of hydrogen-bond acceptors (Lipinski definition) is 4. The molecular weight excluding hydrogens is 206 g/mol. The van der Waals surface area contributed by atoms with E-state index in [-0.39, 0.29) is 12.5 Å². The lowest BCUT2D eigenvalue weighted by Gasteiger charge is -2.13. The monoisotopic (exact) mass is 219 g/mol. The molecule has 1 heterocycles. The maximum atomic E-state index is 10.4. The zero-order valence-corrected chi connectivity index (χ0v) is 8.97. The second kappa shape index (κ2) is 5.71. The lowest BCUT2D eigenvalue weighted by Crippen LogP contribution is -2.18. The lowest BCUT2D eigenvalue weighted by molar-refractivity contribution is -0.137. The molecule has 1 unspecified atom stereocenters. The molecule has 0 spiro atoms. The number of pyridine rings is 1. The molecule has 1 atom stereocenters. The SMILES string of the molecule is CC(CCC(=O)O)Nc1ncccc1C#N. The van der Waals surface area contributed by atoms with Crippen molar-refractivity contribution in [2.45, 2.75) is 25.8 Å². The number of nitrogens with zero attached hydrogens (tertiary/aromatic N) is 2. The van der Waals surface area contributed by atoms with Gasteiger partial charge in [-0.25, -0.2) is 4.98 Å². The van der Waals surface area contributed by atoms with Crippen molar-refractivity contribution < 1.29 is 9.90 Å². The molecule has 0 aromatic carbocycles. The molecule has 0 radical (unpaired) electrons. The maximum absolute atomic E-state index is 10.4. The van der Waals surface area contributed by atoms with Crippen molar-refractivity contribution in [2.24, 2.45) is 0 Å². The summed E-state index contributed by atoms with van der Waals surface area (Å²) in [6.07, 6.45) is 2.19. The zero-order chi connectivity index (χ0) is 12.0. The van der Waals surface area contributed by atoms with Crippen molar-refractivity contribution in [1.29, 1.82) is 5.26 Å². The third kappa shape index (κ3) is 3.58. The molecule has 84 valence electrons. The Balaban J connectivity index is 2.59. The summed E-state index contributed by atoms with van der Waals surface area (Å²) >= 11 is 0. The van der Waals surface area contributed by atoms with Gasteiger partial charge in [-0.2, -0.15) is 5.26 Å². The van der Waals surface area contributed by atoms with Crippen LogP contribution in [-0.2, 0) is 4.79 Å². The number of carboxylic acid groups (broad SMARTS) is 1. The molecule has 0 fully saturated rings. The molecule has 0 saturated heterocycles. The Bertz CT molecular complexity index is 412. The van der Waals surface area contributed by atoms with Crippen LogP contribution in [0.1, 0.15) is 25.3 Å². The van der Waals surface area contributed by atoms with E-state index in [1.165, 1.54) is 0 Å². The first-order valence-corrected chi connectivity index (χ1v) is 4.97. The Morgan fingerprint density at radius 2 is 2.50 bits per heavy atom. The topological polar surface area (TPSA) is 86.0 Å². The predicted molar refractivity (Wildman–Crippen MR) is 58.9 cm³/mol. The maximum Gasteiger partial charge on any atom is 0.303 e. The van der Waals surface area contributed by atoms with Crippen molar-refractivity contribution in [2.75, 3.05) is 5.32 Å². The zero-order valence-electron chi connectivity index (χ0n) is 8.97. The van der Waals surface area contributed by atoms with Gasteiger partial charge in [0.1, 0.15) is 11.9 Å². The van der Waals surface area contributed by atoms with E-state index in [9.17, 15) is 4.79 Å². The molecule has 16 heavy (non-hydrogen) atoms. The fraction of sp³-hybridized carbons (Fsp3) is 0.364. The number of aliphatic carboxylic acids is 1. The van der Waals surface area contributed by atoms with Crippen LogP contribution in [0.4, 0.5) is 5.82 Å². The summed E-state index contributed by atoms with van der Waals surface area (Å²) in [7, 11) is 0. The molecule has 0 bridgehead atoms. The van der Waals surface area contributed by atoms with Crippen LogP contribution in [0.2, 0.25) is 0 Å². The largest absolute Gasteiger partial charge is 0.481 e. The van der Waals surface area contributed by atoms with E-state index < -0.39 is 5.97 Å². The van der Waals surface area contributed by atoms with Crippen molar-refractivity contribution in [3.63, 3.8) is 0 Å². The Morgan fingerprint density at radius 1 is 1.75 bits per heavy atom. The van der Waals surface area contributed by atoms with Crippen molar-refractivity contribution in [1.82, 2.24) is 4.98 Å². The van der Waals surface area contributed by atoms with Gasteiger partial charge in [-0.15, -0.1) is 0 Å². The predicted octanol–water partition coefficient (Wildman–Crippen LogP) is 1.62. The standard InChI is InChI=1S/C11H13N3O2/c1-8(4-5-10(15)16)14-11-9(7-12)3-2-6-13-11/h2-3,6,8H,4-5H2,1H3,(H,13,14)(H,15,16). The van der Waals surface area contributed by atoms with Crippen LogP contribution in [0, 0.1) is 11.3 Å². The van der Waals surface area contributed by atoms with E-state index in [1.807, 2.05) is 13.0 Å². The number of nitriles is 1. The summed E-state index contributed by atoms with van der Waals surface area (Å²) in [5.41, 5.74) is 0.463. The van der Waals surface area contributed by atoms with Gasteiger partial charge in [-0.3, -0.25) is 4.79 Å². The smallest absolute Gasteiger partial charge is 0.303 e. The summed E-state index contributed by atoms with van der Waals surface area (Å²) in [4.78, 5) is 14.4. The molecule has 0 saturated carbocycles. The highest BCUT2D eigenvalue weighted by molar-refractivity contribution is 5.66. The first-order chi connectivity index (χ1) is 7.63. The van der Waals surface area contributed by atoms with Gasteiger partial charge in [0.15, 0.2) is 0 Å². The Morgan fingerprint density at radius 3 is 3.12 bits per heavy atom. The van der Waals surface area contributed by atoms with Gasteiger partial charge in [0.25, 0.3) is 0 Å². The first-order valence-electron chi connectivity index (χ1n) is 4.97. The first kappa shape index (κ1) is 12.0. The molecule has 2 N–H and O–H groups in total. The van der Waals surface area contributed by atoms with E-state index in [0.717, 1.165) is 0 Å². The summed E-state index contributed by atoms with van der Waals surface area (Å²) in [6.45, 7) is 1.86. The van der Waals surface area contributed by atoms with Crippen LogP contribution >= 0.6 is 0 Å². The van der Waals surface area contributed by atoms with Crippen LogP contribution in [0.5, 0.6) is 0 Å². The van der Waals surface area contributed by atoms with Crippen LogP contribution in [0.15, 0.2) is 18.3 Å². The summed E-state index contributed by atoms with van der Waals surface area (Å²) in [5.74, 6) is -0.321. The number of rotatable bonds is 5. The van der Waals surface area contributed by atoms with Gasteiger partial charge < -0.3 is 10.4 Å². The van der Waals surface area contributed by atoms with Crippen LogP contribution in [0.3, 0.4) is 0 Å². The van der Waals surface area contributed by atoms with Crippen LogP contribution < -0.4 is 5.32 Å². The molecule has 5 nitrogen and oxygen atoms in total. The van der Waals surface area contributed by atoms with E-state index >= 15 is 0 Å². The Hall–Kier alpha value is -2.09. The average Bonchev–Trinajstić information content (AvgIpc) is 2.27. The lowest BCUT2D eigenvalue weighted by atomic mass is 10.1. The van der Waals surface area contributed by atoms with E-state index in [4.69, 9.17) is 10.4 Å². The minimum atomic E-state index is -0.824. The highest BCUT2D eigenvalue weighted by Crippen LogP contribution is 2.12. The summed E-state index contributed by atoms with van der Waals surface area (Å²) in [6, 6.07) is 5.35. The van der Waals surface area contributed by atoms with Crippen molar-refractivity contribution in [3.8, 4) is 6.07 Å².